The van der Waals surface area contributed by atoms with Gasteiger partial charge in [0.2, 0.25) is 0 Å². The van der Waals surface area contributed by atoms with Crippen LogP contribution < -0.4 is 10.1 Å². The molecule has 0 saturated heterocycles. The Balaban J connectivity index is 1.56. The lowest BCUT2D eigenvalue weighted by atomic mass is 9.89. The molecule has 1 aromatic carbocycles. The van der Waals surface area contributed by atoms with E-state index in [0.29, 0.717) is 6.54 Å². The monoisotopic (exact) mass is 344 g/mol. The maximum absolute atomic E-state index is 10.7. The van der Waals surface area contributed by atoms with Gasteiger partial charge in [0.1, 0.15) is 18.0 Å². The molecule has 1 aliphatic carbocycles. The fourth-order valence-electron chi connectivity index (χ4n) is 3.39. The highest BCUT2D eigenvalue weighted by Gasteiger charge is 2.33. The molecule has 5 heteroatoms. The SMILES string of the molecule is CCCc1cc(CN[C@H]2CCC[C@@H](Oc3ccccc3C)[C@@H]2O)on1. The molecule has 25 heavy (non-hydrogen) atoms. The van der Waals surface area contributed by atoms with Crippen LogP contribution in [0.15, 0.2) is 34.9 Å². The van der Waals surface area contributed by atoms with E-state index in [9.17, 15) is 5.11 Å². The quantitative estimate of drug-likeness (QED) is 0.806. The van der Waals surface area contributed by atoms with Crippen molar-refractivity contribution in [3.63, 3.8) is 0 Å². The summed E-state index contributed by atoms with van der Waals surface area (Å²) in [6, 6.07) is 9.94. The number of nitrogens with zero attached hydrogens (tertiary/aromatic N) is 1. The summed E-state index contributed by atoms with van der Waals surface area (Å²) in [5, 5.41) is 18.2. The van der Waals surface area contributed by atoms with Crippen molar-refractivity contribution in [1.29, 1.82) is 0 Å². The molecule has 1 aliphatic rings. The Morgan fingerprint density at radius 2 is 2.16 bits per heavy atom. The first-order chi connectivity index (χ1) is 12.2. The number of aliphatic hydroxyl groups is 1. The third-order valence-electron chi connectivity index (χ3n) is 4.82. The lowest BCUT2D eigenvalue weighted by molar-refractivity contribution is -0.0164. The van der Waals surface area contributed by atoms with Gasteiger partial charge in [0, 0.05) is 12.1 Å². The Hall–Kier alpha value is -1.85. The number of para-hydroxylation sites is 1. The molecule has 0 radical (unpaired) electrons. The van der Waals surface area contributed by atoms with Gasteiger partial charge in [-0.3, -0.25) is 0 Å². The molecular weight excluding hydrogens is 316 g/mol. The van der Waals surface area contributed by atoms with E-state index in [2.05, 4.69) is 17.4 Å². The van der Waals surface area contributed by atoms with Crippen molar-refractivity contribution in [2.24, 2.45) is 0 Å². The highest BCUT2D eigenvalue weighted by molar-refractivity contribution is 5.32. The topological polar surface area (TPSA) is 67.5 Å². The van der Waals surface area contributed by atoms with E-state index in [1.165, 1.54) is 0 Å². The summed E-state index contributed by atoms with van der Waals surface area (Å²) in [6.45, 7) is 4.73. The Morgan fingerprint density at radius 1 is 1.32 bits per heavy atom. The molecule has 0 amide bonds. The molecule has 1 fully saturated rings. The van der Waals surface area contributed by atoms with Crippen LogP contribution in [0.5, 0.6) is 5.75 Å². The van der Waals surface area contributed by atoms with Crippen molar-refractivity contribution < 1.29 is 14.4 Å². The molecule has 1 aromatic heterocycles. The Kier molecular flexibility index (Phi) is 6.10. The molecule has 3 atom stereocenters. The molecule has 0 aliphatic heterocycles. The van der Waals surface area contributed by atoms with E-state index >= 15 is 0 Å². The Bertz CT molecular complexity index is 670. The van der Waals surface area contributed by atoms with Gasteiger partial charge in [0.05, 0.1) is 12.2 Å². The van der Waals surface area contributed by atoms with Crippen molar-refractivity contribution in [2.75, 3.05) is 0 Å². The van der Waals surface area contributed by atoms with E-state index in [1.807, 2.05) is 37.3 Å². The van der Waals surface area contributed by atoms with Crippen molar-refractivity contribution in [3.8, 4) is 5.75 Å². The van der Waals surface area contributed by atoms with Gasteiger partial charge in [-0.05, 0) is 44.2 Å². The number of hydrogen-bond donors (Lipinski definition) is 2. The first-order valence-corrected chi connectivity index (χ1v) is 9.25. The number of hydrogen-bond acceptors (Lipinski definition) is 5. The standard InChI is InChI=1S/C20H28N2O3/c1-3-7-15-12-16(25-22-15)13-21-17-9-6-11-19(20(17)23)24-18-10-5-4-8-14(18)2/h4-5,8,10,12,17,19-21,23H,3,6-7,9,11,13H2,1-2H3/t17-,19+,20+/m0/s1. The summed E-state index contributed by atoms with van der Waals surface area (Å²) in [5.74, 6) is 1.67. The van der Waals surface area contributed by atoms with E-state index in [1.54, 1.807) is 0 Å². The predicted octanol–water partition coefficient (Wildman–Crippen LogP) is 3.39. The fraction of sp³-hybridized carbons (Fsp3) is 0.550. The average molecular weight is 344 g/mol. The van der Waals surface area contributed by atoms with Crippen molar-refractivity contribution in [3.05, 3.63) is 47.3 Å². The molecule has 3 rings (SSSR count). The van der Waals surface area contributed by atoms with E-state index in [4.69, 9.17) is 9.26 Å². The normalized spacial score (nSPS) is 23.6. The molecular formula is C20H28N2O3. The van der Waals surface area contributed by atoms with Crippen molar-refractivity contribution in [2.45, 2.75) is 70.7 Å². The third kappa shape index (κ3) is 4.61. The molecule has 0 spiro atoms. The van der Waals surface area contributed by atoms with E-state index < -0.39 is 6.10 Å². The highest BCUT2D eigenvalue weighted by Crippen LogP contribution is 2.26. The zero-order valence-corrected chi connectivity index (χ0v) is 15.1. The zero-order valence-electron chi connectivity index (χ0n) is 15.1. The largest absolute Gasteiger partial charge is 0.487 e. The molecule has 5 nitrogen and oxygen atoms in total. The minimum Gasteiger partial charge on any atom is -0.487 e. The van der Waals surface area contributed by atoms with Gasteiger partial charge in [-0.25, -0.2) is 0 Å². The molecule has 2 N–H and O–H groups in total. The summed E-state index contributed by atoms with van der Waals surface area (Å²) >= 11 is 0. The lowest BCUT2D eigenvalue weighted by Crippen LogP contribution is -2.50. The summed E-state index contributed by atoms with van der Waals surface area (Å²) < 4.78 is 11.4. The van der Waals surface area contributed by atoms with Crippen LogP contribution in [0.3, 0.4) is 0 Å². The average Bonchev–Trinajstić information content (AvgIpc) is 3.05. The van der Waals surface area contributed by atoms with Crippen molar-refractivity contribution >= 4 is 0 Å². The molecule has 0 bridgehead atoms. The smallest absolute Gasteiger partial charge is 0.150 e. The van der Waals surface area contributed by atoms with Crippen LogP contribution in [0.2, 0.25) is 0 Å². The van der Waals surface area contributed by atoms with Crippen LogP contribution in [0, 0.1) is 6.92 Å². The highest BCUT2D eigenvalue weighted by atomic mass is 16.5. The Morgan fingerprint density at radius 3 is 2.96 bits per heavy atom. The number of benzene rings is 1. The van der Waals surface area contributed by atoms with Crippen LogP contribution >= 0.6 is 0 Å². The minimum atomic E-state index is -0.536. The Labute approximate surface area is 149 Å². The predicted molar refractivity (Wildman–Crippen MR) is 96.6 cm³/mol. The molecule has 1 heterocycles. The molecule has 2 aromatic rings. The summed E-state index contributed by atoms with van der Waals surface area (Å²) in [7, 11) is 0. The van der Waals surface area contributed by atoms with E-state index in [0.717, 1.165) is 54.9 Å². The first-order valence-electron chi connectivity index (χ1n) is 9.25. The van der Waals surface area contributed by atoms with E-state index in [-0.39, 0.29) is 12.1 Å². The van der Waals surface area contributed by atoms with Crippen LogP contribution in [-0.2, 0) is 13.0 Å². The van der Waals surface area contributed by atoms with Crippen molar-refractivity contribution in [1.82, 2.24) is 10.5 Å². The maximum atomic E-state index is 10.7. The second-order valence-electron chi connectivity index (χ2n) is 6.87. The van der Waals surface area contributed by atoms with Gasteiger partial charge >= 0.3 is 0 Å². The van der Waals surface area contributed by atoms with Gasteiger partial charge in [-0.2, -0.15) is 0 Å². The second-order valence-corrected chi connectivity index (χ2v) is 6.87. The number of rotatable bonds is 7. The number of aliphatic hydroxyl groups excluding tert-OH is 1. The van der Waals surface area contributed by atoms with Gasteiger partial charge in [0.25, 0.3) is 0 Å². The van der Waals surface area contributed by atoms with Gasteiger partial charge in [-0.15, -0.1) is 0 Å². The van der Waals surface area contributed by atoms with Crippen LogP contribution in [0.1, 0.15) is 49.6 Å². The number of aromatic nitrogens is 1. The fourth-order valence-corrected chi connectivity index (χ4v) is 3.39. The van der Waals surface area contributed by atoms with Crippen LogP contribution in [0.4, 0.5) is 0 Å². The van der Waals surface area contributed by atoms with Crippen LogP contribution in [-0.4, -0.2) is 28.5 Å². The zero-order chi connectivity index (χ0) is 17.6. The number of nitrogens with one attached hydrogen (secondary N) is 1. The molecule has 1 saturated carbocycles. The third-order valence-corrected chi connectivity index (χ3v) is 4.82. The lowest BCUT2D eigenvalue weighted by Gasteiger charge is -2.35. The minimum absolute atomic E-state index is 0.00231. The summed E-state index contributed by atoms with van der Waals surface area (Å²) in [5.41, 5.74) is 2.08. The number of aryl methyl sites for hydroxylation is 2. The molecule has 136 valence electrons. The van der Waals surface area contributed by atoms with Gasteiger partial charge in [-0.1, -0.05) is 36.7 Å². The summed E-state index contributed by atoms with van der Waals surface area (Å²) in [4.78, 5) is 0. The maximum Gasteiger partial charge on any atom is 0.150 e. The first kappa shape index (κ1) is 18.0. The number of ether oxygens (including phenoxy) is 1. The van der Waals surface area contributed by atoms with Crippen LogP contribution in [0.25, 0.3) is 0 Å². The molecule has 0 unspecified atom stereocenters. The van der Waals surface area contributed by atoms with Gasteiger partial charge < -0.3 is 19.7 Å². The second kappa shape index (κ2) is 8.50. The van der Waals surface area contributed by atoms with Gasteiger partial charge in [0.15, 0.2) is 5.76 Å². The summed E-state index contributed by atoms with van der Waals surface area (Å²) in [6.07, 6.45) is 4.11.